The van der Waals surface area contributed by atoms with Gasteiger partial charge in [0.15, 0.2) is 0 Å². The van der Waals surface area contributed by atoms with E-state index in [-0.39, 0.29) is 0 Å². The number of nitrogens with zero attached hydrogens (tertiary/aromatic N) is 3. The van der Waals surface area contributed by atoms with Crippen molar-refractivity contribution in [1.82, 2.24) is 14.7 Å². The summed E-state index contributed by atoms with van der Waals surface area (Å²) < 4.78 is 2.17. The molecule has 4 rings (SSSR count). The Morgan fingerprint density at radius 2 is 2.00 bits per heavy atom. The van der Waals surface area contributed by atoms with Crippen LogP contribution in [0.5, 0.6) is 5.75 Å². The largest absolute Gasteiger partial charge is 0.508 e. The maximum absolute atomic E-state index is 9.65. The molecule has 2 aromatic rings. The van der Waals surface area contributed by atoms with Gasteiger partial charge in [-0.2, -0.15) is 5.10 Å². The zero-order valence-corrected chi connectivity index (χ0v) is 12.9. The minimum Gasteiger partial charge on any atom is -0.508 e. The summed E-state index contributed by atoms with van der Waals surface area (Å²) in [5, 5.41) is 14.4. The molecule has 1 fully saturated rings. The molecule has 4 nitrogen and oxygen atoms in total. The van der Waals surface area contributed by atoms with Crippen LogP contribution in [0.3, 0.4) is 0 Å². The SMILES string of the molecule is Oc1ccc2c(c1)CN(Cc1ccn(C3CCCC3)n1)CC2. The molecule has 0 unspecified atom stereocenters. The number of aromatic nitrogens is 2. The van der Waals surface area contributed by atoms with Crippen LogP contribution in [0.25, 0.3) is 0 Å². The summed E-state index contributed by atoms with van der Waals surface area (Å²) in [4.78, 5) is 2.42. The van der Waals surface area contributed by atoms with Gasteiger partial charge >= 0.3 is 0 Å². The van der Waals surface area contributed by atoms with Crippen molar-refractivity contribution in [2.45, 2.75) is 51.2 Å². The van der Waals surface area contributed by atoms with Crippen LogP contribution in [0.2, 0.25) is 0 Å². The molecule has 0 atom stereocenters. The van der Waals surface area contributed by atoms with Gasteiger partial charge in [-0.05, 0) is 48.6 Å². The maximum Gasteiger partial charge on any atom is 0.115 e. The Bertz CT molecular complexity index is 658. The first-order valence-corrected chi connectivity index (χ1v) is 8.35. The van der Waals surface area contributed by atoms with E-state index in [1.54, 1.807) is 6.07 Å². The number of fused-ring (bicyclic) bond motifs is 1. The molecule has 0 amide bonds. The molecule has 4 heteroatoms. The quantitative estimate of drug-likeness (QED) is 0.945. The summed E-state index contributed by atoms with van der Waals surface area (Å²) in [6.07, 6.45) is 8.43. The van der Waals surface area contributed by atoms with Gasteiger partial charge < -0.3 is 5.11 Å². The minimum atomic E-state index is 0.367. The summed E-state index contributed by atoms with van der Waals surface area (Å²) in [6.45, 7) is 2.86. The van der Waals surface area contributed by atoms with Crippen molar-refractivity contribution >= 4 is 0 Å². The second-order valence-corrected chi connectivity index (χ2v) is 6.64. The molecule has 1 N–H and O–H groups in total. The molecule has 2 heterocycles. The number of hydrogen-bond acceptors (Lipinski definition) is 3. The zero-order valence-electron chi connectivity index (χ0n) is 12.9. The average molecular weight is 297 g/mol. The van der Waals surface area contributed by atoms with Crippen LogP contribution in [0.1, 0.15) is 48.5 Å². The Hall–Kier alpha value is -1.81. The van der Waals surface area contributed by atoms with Crippen LogP contribution in [-0.2, 0) is 19.5 Å². The van der Waals surface area contributed by atoms with Gasteiger partial charge in [0.05, 0.1) is 11.7 Å². The fourth-order valence-corrected chi connectivity index (χ4v) is 3.80. The Balaban J connectivity index is 1.43. The van der Waals surface area contributed by atoms with E-state index in [1.165, 1.54) is 36.8 Å². The fourth-order valence-electron chi connectivity index (χ4n) is 3.80. The van der Waals surface area contributed by atoms with Crippen LogP contribution in [-0.4, -0.2) is 26.3 Å². The summed E-state index contributed by atoms with van der Waals surface area (Å²) in [5.74, 6) is 0.367. The fraction of sp³-hybridized carbons (Fsp3) is 0.500. The van der Waals surface area contributed by atoms with E-state index in [9.17, 15) is 5.11 Å². The Morgan fingerprint density at radius 3 is 2.86 bits per heavy atom. The molecule has 22 heavy (non-hydrogen) atoms. The Kier molecular flexibility index (Phi) is 3.62. The summed E-state index contributed by atoms with van der Waals surface area (Å²) >= 11 is 0. The van der Waals surface area contributed by atoms with Crippen LogP contribution >= 0.6 is 0 Å². The van der Waals surface area contributed by atoms with Crippen LogP contribution < -0.4 is 0 Å². The van der Waals surface area contributed by atoms with Crippen molar-refractivity contribution < 1.29 is 5.11 Å². The van der Waals surface area contributed by atoms with E-state index in [2.05, 4.69) is 27.9 Å². The lowest BCUT2D eigenvalue weighted by Crippen LogP contribution is -2.30. The number of phenols is 1. The molecule has 0 spiro atoms. The molecule has 0 radical (unpaired) electrons. The van der Waals surface area contributed by atoms with Crippen molar-refractivity contribution in [2.24, 2.45) is 0 Å². The van der Waals surface area contributed by atoms with Crippen molar-refractivity contribution in [2.75, 3.05) is 6.54 Å². The smallest absolute Gasteiger partial charge is 0.115 e. The molecular formula is C18H23N3O. The predicted octanol–water partition coefficient (Wildman–Crippen LogP) is 3.26. The lowest BCUT2D eigenvalue weighted by atomic mass is 9.99. The van der Waals surface area contributed by atoms with Crippen molar-refractivity contribution in [3.63, 3.8) is 0 Å². The summed E-state index contributed by atoms with van der Waals surface area (Å²) in [6, 6.07) is 8.52. The van der Waals surface area contributed by atoms with Crippen molar-refractivity contribution in [3.05, 3.63) is 47.3 Å². The molecule has 1 aliphatic heterocycles. The van der Waals surface area contributed by atoms with E-state index in [4.69, 9.17) is 5.10 Å². The zero-order chi connectivity index (χ0) is 14.9. The predicted molar refractivity (Wildman–Crippen MR) is 85.7 cm³/mol. The normalized spacial score (nSPS) is 19.5. The van der Waals surface area contributed by atoms with Crippen molar-refractivity contribution in [3.8, 4) is 5.75 Å². The Labute approximate surface area is 131 Å². The third-order valence-corrected chi connectivity index (χ3v) is 5.03. The molecule has 116 valence electrons. The average Bonchev–Trinajstić information content (AvgIpc) is 3.17. The molecule has 1 saturated carbocycles. The number of phenolic OH excluding ortho intramolecular Hbond substituents is 1. The second-order valence-electron chi connectivity index (χ2n) is 6.64. The third kappa shape index (κ3) is 2.75. The third-order valence-electron chi connectivity index (χ3n) is 5.03. The first-order valence-electron chi connectivity index (χ1n) is 8.35. The molecular weight excluding hydrogens is 274 g/mol. The molecule has 0 bridgehead atoms. The van der Waals surface area contributed by atoms with E-state index in [1.807, 2.05) is 6.07 Å². The van der Waals surface area contributed by atoms with E-state index in [0.29, 0.717) is 11.8 Å². The monoisotopic (exact) mass is 297 g/mol. The van der Waals surface area contributed by atoms with Crippen LogP contribution in [0.4, 0.5) is 0 Å². The van der Waals surface area contributed by atoms with Gasteiger partial charge in [-0.15, -0.1) is 0 Å². The second kappa shape index (κ2) is 5.76. The Morgan fingerprint density at radius 1 is 1.14 bits per heavy atom. The highest BCUT2D eigenvalue weighted by atomic mass is 16.3. The van der Waals surface area contributed by atoms with E-state index >= 15 is 0 Å². The highest BCUT2D eigenvalue weighted by molar-refractivity contribution is 5.36. The minimum absolute atomic E-state index is 0.367. The number of benzene rings is 1. The van der Waals surface area contributed by atoms with Gasteiger partial charge in [0.1, 0.15) is 5.75 Å². The number of rotatable bonds is 3. The first-order chi connectivity index (χ1) is 10.8. The van der Waals surface area contributed by atoms with Gasteiger partial charge in [-0.3, -0.25) is 9.58 Å². The standard InChI is InChI=1S/C18H23N3O/c22-18-6-5-14-7-9-20(12-15(14)11-18)13-16-8-10-21(19-16)17-3-1-2-4-17/h5-6,8,10-11,17,22H,1-4,7,9,12-13H2. The van der Waals surface area contributed by atoms with Crippen LogP contribution in [0.15, 0.2) is 30.5 Å². The highest BCUT2D eigenvalue weighted by Gasteiger charge is 2.20. The topological polar surface area (TPSA) is 41.3 Å². The molecule has 1 aromatic carbocycles. The molecule has 2 aliphatic rings. The lowest BCUT2D eigenvalue weighted by molar-refractivity contribution is 0.241. The molecule has 1 aliphatic carbocycles. The highest BCUT2D eigenvalue weighted by Crippen LogP contribution is 2.29. The molecule has 0 saturated heterocycles. The number of hydrogen-bond donors (Lipinski definition) is 1. The summed E-state index contributed by atoms with van der Waals surface area (Å²) in [5.41, 5.74) is 3.78. The molecule has 1 aromatic heterocycles. The first kappa shape index (κ1) is 13.8. The van der Waals surface area contributed by atoms with Gasteiger partial charge in [0.2, 0.25) is 0 Å². The van der Waals surface area contributed by atoms with Gasteiger partial charge in [-0.25, -0.2) is 0 Å². The number of aromatic hydroxyl groups is 1. The van der Waals surface area contributed by atoms with Gasteiger partial charge in [0.25, 0.3) is 0 Å². The lowest BCUT2D eigenvalue weighted by Gasteiger charge is -2.28. The summed E-state index contributed by atoms with van der Waals surface area (Å²) in [7, 11) is 0. The van der Waals surface area contributed by atoms with Crippen molar-refractivity contribution in [1.29, 1.82) is 0 Å². The maximum atomic E-state index is 9.65. The van der Waals surface area contributed by atoms with E-state index in [0.717, 1.165) is 31.7 Å². The van der Waals surface area contributed by atoms with Crippen LogP contribution in [0, 0.1) is 0 Å². The van der Waals surface area contributed by atoms with Gasteiger partial charge in [0, 0.05) is 25.8 Å². The van der Waals surface area contributed by atoms with Gasteiger partial charge in [-0.1, -0.05) is 18.9 Å². The van der Waals surface area contributed by atoms with E-state index < -0.39 is 0 Å².